The van der Waals surface area contributed by atoms with Gasteiger partial charge in [-0.15, -0.1) is 0 Å². The van der Waals surface area contributed by atoms with E-state index in [1.807, 2.05) is 31.2 Å². The number of nitrogens with zero attached hydrogens (tertiary/aromatic N) is 2. The fourth-order valence-electron chi connectivity index (χ4n) is 3.44. The first-order valence-electron chi connectivity index (χ1n) is 9.82. The minimum atomic E-state index is -0.135. The van der Waals surface area contributed by atoms with Gasteiger partial charge in [-0.3, -0.25) is 0 Å². The van der Waals surface area contributed by atoms with E-state index in [2.05, 4.69) is 6.92 Å². The smallest absolute Gasteiger partial charge is 0.319 e. The highest BCUT2D eigenvalue weighted by atomic mass is 16.3. The number of carbonyl (C=O) groups is 1. The molecule has 0 aromatic heterocycles. The van der Waals surface area contributed by atoms with Gasteiger partial charge in [-0.05, 0) is 37.0 Å². The summed E-state index contributed by atoms with van der Waals surface area (Å²) >= 11 is 0. The van der Waals surface area contributed by atoms with Crippen LogP contribution in [0.3, 0.4) is 0 Å². The second kappa shape index (κ2) is 9.49. The molecule has 2 amide bonds. The lowest BCUT2D eigenvalue weighted by Gasteiger charge is -2.25. The van der Waals surface area contributed by atoms with Gasteiger partial charge in [0.1, 0.15) is 11.5 Å². The lowest BCUT2D eigenvalue weighted by molar-refractivity contribution is 0.179. The maximum absolute atomic E-state index is 12.3. The fourth-order valence-corrected chi connectivity index (χ4v) is 3.44. The van der Waals surface area contributed by atoms with Crippen LogP contribution in [-0.4, -0.2) is 47.2 Å². The van der Waals surface area contributed by atoms with Gasteiger partial charge in [0.25, 0.3) is 0 Å². The number of aryl methyl sites for hydroxylation is 2. The van der Waals surface area contributed by atoms with Crippen LogP contribution in [0.15, 0.2) is 30.3 Å². The molecule has 0 atom stereocenters. The van der Waals surface area contributed by atoms with E-state index >= 15 is 0 Å². The second-order valence-corrected chi connectivity index (χ2v) is 7.62. The van der Waals surface area contributed by atoms with Gasteiger partial charge in [0.2, 0.25) is 0 Å². The van der Waals surface area contributed by atoms with Crippen LogP contribution in [0, 0.1) is 6.92 Å². The van der Waals surface area contributed by atoms with E-state index in [4.69, 9.17) is 0 Å². The van der Waals surface area contributed by atoms with Crippen molar-refractivity contribution in [1.82, 2.24) is 9.80 Å². The minimum Gasteiger partial charge on any atom is -0.507 e. The average molecular weight is 385 g/mol. The molecule has 0 aliphatic heterocycles. The number of hydrogen-bond donors (Lipinski definition) is 2. The van der Waals surface area contributed by atoms with Gasteiger partial charge in [0.05, 0.1) is 12.1 Å². The molecular formula is C23H32N2O3. The van der Waals surface area contributed by atoms with E-state index in [0.717, 1.165) is 42.4 Å². The van der Waals surface area contributed by atoms with Crippen molar-refractivity contribution in [3.8, 4) is 22.6 Å². The Hall–Kier alpha value is -2.69. The molecule has 0 radical (unpaired) electrons. The second-order valence-electron chi connectivity index (χ2n) is 7.62. The normalized spacial score (nSPS) is 10.8. The van der Waals surface area contributed by atoms with Crippen molar-refractivity contribution in [3.63, 3.8) is 0 Å². The number of rotatable bonds is 7. The summed E-state index contributed by atoms with van der Waals surface area (Å²) in [6.45, 7) is 4.39. The van der Waals surface area contributed by atoms with Gasteiger partial charge in [0.15, 0.2) is 0 Å². The third kappa shape index (κ3) is 4.97. The number of benzene rings is 2. The molecule has 2 N–H and O–H groups in total. The van der Waals surface area contributed by atoms with Crippen LogP contribution in [0.1, 0.15) is 42.9 Å². The number of hydrogen-bond acceptors (Lipinski definition) is 3. The van der Waals surface area contributed by atoms with Crippen LogP contribution >= 0.6 is 0 Å². The maximum atomic E-state index is 12.3. The molecule has 2 aromatic rings. The highest BCUT2D eigenvalue weighted by Gasteiger charge is 2.22. The molecule has 0 aliphatic carbocycles. The quantitative estimate of drug-likeness (QED) is 0.666. The highest BCUT2D eigenvalue weighted by Crippen LogP contribution is 2.42. The van der Waals surface area contributed by atoms with Crippen LogP contribution in [0.2, 0.25) is 0 Å². The first kappa shape index (κ1) is 21.6. The zero-order chi connectivity index (χ0) is 20.8. The van der Waals surface area contributed by atoms with Crippen LogP contribution in [-0.2, 0) is 13.0 Å². The zero-order valence-corrected chi connectivity index (χ0v) is 17.6. The largest absolute Gasteiger partial charge is 0.507 e. The summed E-state index contributed by atoms with van der Waals surface area (Å²) < 4.78 is 0. The van der Waals surface area contributed by atoms with E-state index in [-0.39, 0.29) is 24.1 Å². The van der Waals surface area contributed by atoms with Crippen LogP contribution in [0.5, 0.6) is 11.5 Å². The van der Waals surface area contributed by atoms with E-state index in [1.165, 1.54) is 4.90 Å². The number of aromatic hydroxyl groups is 2. The van der Waals surface area contributed by atoms with Crippen LogP contribution < -0.4 is 0 Å². The molecule has 2 rings (SSSR count). The van der Waals surface area contributed by atoms with Gasteiger partial charge in [-0.25, -0.2) is 4.79 Å². The number of unbranched alkanes of at least 4 members (excludes halogenated alkanes) is 2. The molecule has 0 heterocycles. The van der Waals surface area contributed by atoms with E-state index in [0.29, 0.717) is 11.1 Å². The Kier molecular flexibility index (Phi) is 7.32. The standard InChI is InChI=1S/C23H32N2O3/c1-6-7-8-11-17-14-20(26)21(18-12-9-10-16(2)13-18)22(27)19(17)15-25(5)23(28)24(3)4/h9-10,12-14,26-27H,6-8,11,15H2,1-5H3. The summed E-state index contributed by atoms with van der Waals surface area (Å²) in [6, 6.07) is 9.29. The Morgan fingerprint density at radius 1 is 1.07 bits per heavy atom. The number of amides is 2. The molecule has 0 fully saturated rings. The van der Waals surface area contributed by atoms with Gasteiger partial charge >= 0.3 is 6.03 Å². The summed E-state index contributed by atoms with van der Waals surface area (Å²) in [5.41, 5.74) is 3.81. The van der Waals surface area contributed by atoms with Crippen molar-refractivity contribution >= 4 is 6.03 Å². The van der Waals surface area contributed by atoms with Crippen molar-refractivity contribution in [2.45, 2.75) is 46.1 Å². The van der Waals surface area contributed by atoms with Crippen LogP contribution in [0.4, 0.5) is 4.79 Å². The fraction of sp³-hybridized carbons (Fsp3) is 0.435. The average Bonchev–Trinajstić information content (AvgIpc) is 2.64. The van der Waals surface area contributed by atoms with Gasteiger partial charge in [-0.2, -0.15) is 0 Å². The predicted molar refractivity (Wildman–Crippen MR) is 114 cm³/mol. The number of phenols is 2. The molecule has 28 heavy (non-hydrogen) atoms. The molecular weight excluding hydrogens is 352 g/mol. The molecule has 0 aliphatic rings. The molecule has 0 bridgehead atoms. The maximum Gasteiger partial charge on any atom is 0.319 e. The Morgan fingerprint density at radius 2 is 1.79 bits per heavy atom. The molecule has 0 spiro atoms. The summed E-state index contributed by atoms with van der Waals surface area (Å²) in [5.74, 6) is 0.121. The number of urea groups is 1. The number of phenolic OH excluding ortho intramolecular Hbond substituents is 2. The van der Waals surface area contributed by atoms with Crippen molar-refractivity contribution in [1.29, 1.82) is 0 Å². The molecule has 5 heteroatoms. The Labute approximate surface area is 168 Å². The Bertz CT molecular complexity index is 831. The van der Waals surface area contributed by atoms with Crippen molar-refractivity contribution in [2.75, 3.05) is 21.1 Å². The third-order valence-electron chi connectivity index (χ3n) is 4.94. The summed E-state index contributed by atoms with van der Waals surface area (Å²) in [7, 11) is 5.13. The first-order chi connectivity index (χ1) is 13.3. The van der Waals surface area contributed by atoms with Gasteiger partial charge < -0.3 is 20.0 Å². The number of carbonyl (C=O) groups excluding carboxylic acids is 1. The molecule has 0 saturated carbocycles. The Morgan fingerprint density at radius 3 is 2.39 bits per heavy atom. The highest BCUT2D eigenvalue weighted by molar-refractivity contribution is 5.80. The Balaban J connectivity index is 2.53. The van der Waals surface area contributed by atoms with Gasteiger partial charge in [0, 0.05) is 26.7 Å². The van der Waals surface area contributed by atoms with Crippen molar-refractivity contribution in [2.24, 2.45) is 0 Å². The molecule has 152 valence electrons. The van der Waals surface area contributed by atoms with E-state index in [1.54, 1.807) is 32.1 Å². The lowest BCUT2D eigenvalue weighted by atomic mass is 9.92. The summed E-state index contributed by atoms with van der Waals surface area (Å²) in [4.78, 5) is 15.4. The molecule has 5 nitrogen and oxygen atoms in total. The third-order valence-corrected chi connectivity index (χ3v) is 4.94. The van der Waals surface area contributed by atoms with Crippen molar-refractivity contribution in [3.05, 3.63) is 47.0 Å². The summed E-state index contributed by atoms with van der Waals surface area (Å²) in [6.07, 6.45) is 3.89. The van der Waals surface area contributed by atoms with Crippen molar-refractivity contribution < 1.29 is 15.0 Å². The van der Waals surface area contributed by atoms with E-state index < -0.39 is 0 Å². The topological polar surface area (TPSA) is 64.0 Å². The van der Waals surface area contributed by atoms with Crippen LogP contribution in [0.25, 0.3) is 11.1 Å². The predicted octanol–water partition coefficient (Wildman–Crippen LogP) is 4.92. The molecule has 0 saturated heterocycles. The first-order valence-corrected chi connectivity index (χ1v) is 9.82. The summed E-state index contributed by atoms with van der Waals surface area (Å²) in [5, 5.41) is 21.8. The monoisotopic (exact) mass is 384 g/mol. The molecule has 2 aromatic carbocycles. The zero-order valence-electron chi connectivity index (χ0n) is 17.6. The van der Waals surface area contributed by atoms with E-state index in [9.17, 15) is 15.0 Å². The minimum absolute atomic E-state index is 0.0514. The lowest BCUT2D eigenvalue weighted by Crippen LogP contribution is -2.36. The van der Waals surface area contributed by atoms with Gasteiger partial charge in [-0.1, -0.05) is 49.6 Å². The SMILES string of the molecule is CCCCCc1cc(O)c(-c2cccc(C)c2)c(O)c1CN(C)C(=O)N(C)C. The molecule has 0 unspecified atom stereocenters.